The maximum absolute atomic E-state index is 11.8. The van der Waals surface area contributed by atoms with Gasteiger partial charge in [0.1, 0.15) is 5.69 Å². The van der Waals surface area contributed by atoms with Gasteiger partial charge >= 0.3 is 0 Å². The lowest BCUT2D eigenvalue weighted by Crippen LogP contribution is -2.13. The average Bonchev–Trinajstić information content (AvgIpc) is 3.22. The molecule has 120 valence electrons. The third-order valence-corrected chi connectivity index (χ3v) is 4.70. The molecule has 0 saturated carbocycles. The molecule has 4 rings (SSSR count). The lowest BCUT2D eigenvalue weighted by Gasteiger charge is -2.08. The predicted molar refractivity (Wildman–Crippen MR) is 88.4 cm³/mol. The highest BCUT2D eigenvalue weighted by Gasteiger charge is 2.17. The number of aromatic nitrogens is 3. The van der Waals surface area contributed by atoms with Crippen molar-refractivity contribution >= 4 is 20.9 Å². The standard InChI is InChI=1S/C16H12N4O3S/c17-24(21,22)15-4-2-1-3-11(15)10-5-6-13-12(7-10)16(20-19-13)14-8-18-9-23-14/h1-9H,(H,19,20)(H2,17,21,22). The fourth-order valence-electron chi connectivity index (χ4n) is 2.66. The lowest BCUT2D eigenvalue weighted by molar-refractivity contribution is 0.570. The molecule has 0 aliphatic carbocycles. The first-order valence-corrected chi connectivity index (χ1v) is 8.58. The molecule has 0 fully saturated rings. The fraction of sp³-hybridized carbons (Fsp3) is 0. The average molecular weight is 340 g/mol. The van der Waals surface area contributed by atoms with Crippen LogP contribution in [0.1, 0.15) is 0 Å². The highest BCUT2D eigenvalue weighted by atomic mass is 32.2. The number of aromatic amines is 1. The van der Waals surface area contributed by atoms with Crippen LogP contribution in [0.2, 0.25) is 0 Å². The van der Waals surface area contributed by atoms with Crippen LogP contribution >= 0.6 is 0 Å². The molecular formula is C16H12N4O3S. The number of primary sulfonamides is 1. The molecule has 0 radical (unpaired) electrons. The van der Waals surface area contributed by atoms with Crippen molar-refractivity contribution in [1.82, 2.24) is 15.2 Å². The Kier molecular flexibility index (Phi) is 3.22. The molecule has 0 aliphatic heterocycles. The molecule has 0 spiro atoms. The van der Waals surface area contributed by atoms with Gasteiger partial charge in [0.15, 0.2) is 12.2 Å². The van der Waals surface area contributed by atoms with E-state index in [0.29, 0.717) is 22.6 Å². The van der Waals surface area contributed by atoms with Crippen molar-refractivity contribution in [3.05, 3.63) is 55.1 Å². The molecule has 0 amide bonds. The molecule has 24 heavy (non-hydrogen) atoms. The Hall–Kier alpha value is -2.97. The van der Waals surface area contributed by atoms with Crippen molar-refractivity contribution < 1.29 is 12.8 Å². The smallest absolute Gasteiger partial charge is 0.238 e. The SMILES string of the molecule is NS(=O)(=O)c1ccccc1-c1ccc2[nH]nc(-c3cnco3)c2c1. The van der Waals surface area contributed by atoms with Crippen molar-refractivity contribution in [3.63, 3.8) is 0 Å². The Bertz CT molecular complexity index is 1130. The van der Waals surface area contributed by atoms with E-state index in [1.807, 2.05) is 18.2 Å². The second-order valence-corrected chi connectivity index (χ2v) is 6.77. The van der Waals surface area contributed by atoms with E-state index in [1.54, 1.807) is 24.4 Å². The van der Waals surface area contributed by atoms with Gasteiger partial charge in [-0.1, -0.05) is 24.3 Å². The predicted octanol–water partition coefficient (Wildman–Crippen LogP) is 2.53. The van der Waals surface area contributed by atoms with Crippen LogP contribution in [0.3, 0.4) is 0 Å². The zero-order chi connectivity index (χ0) is 16.7. The highest BCUT2D eigenvalue weighted by molar-refractivity contribution is 7.89. The summed E-state index contributed by atoms with van der Waals surface area (Å²) in [6, 6.07) is 12.1. The highest BCUT2D eigenvalue weighted by Crippen LogP contribution is 2.32. The number of hydrogen-bond acceptors (Lipinski definition) is 5. The Labute approximate surface area is 137 Å². The Morgan fingerprint density at radius 2 is 1.96 bits per heavy atom. The summed E-state index contributed by atoms with van der Waals surface area (Å²) in [6.07, 6.45) is 2.90. The molecular weight excluding hydrogens is 328 g/mol. The molecule has 2 aromatic carbocycles. The summed E-state index contributed by atoms with van der Waals surface area (Å²) in [7, 11) is -3.83. The molecule has 2 heterocycles. The van der Waals surface area contributed by atoms with E-state index < -0.39 is 10.0 Å². The van der Waals surface area contributed by atoms with Gasteiger partial charge in [-0.05, 0) is 23.8 Å². The molecule has 8 heteroatoms. The number of nitrogens with two attached hydrogens (primary N) is 1. The number of fused-ring (bicyclic) bond motifs is 1. The first kappa shape index (κ1) is 14.6. The number of rotatable bonds is 3. The number of sulfonamides is 1. The Morgan fingerprint density at radius 3 is 2.71 bits per heavy atom. The number of H-pyrrole nitrogens is 1. The summed E-state index contributed by atoms with van der Waals surface area (Å²) in [5, 5.41) is 13.3. The van der Waals surface area contributed by atoms with Crippen molar-refractivity contribution in [2.24, 2.45) is 5.14 Å². The molecule has 0 unspecified atom stereocenters. The van der Waals surface area contributed by atoms with Crippen LogP contribution < -0.4 is 5.14 Å². The zero-order valence-corrected chi connectivity index (χ0v) is 13.1. The quantitative estimate of drug-likeness (QED) is 0.594. The van der Waals surface area contributed by atoms with E-state index in [2.05, 4.69) is 15.2 Å². The van der Waals surface area contributed by atoms with Crippen LogP contribution in [0.25, 0.3) is 33.5 Å². The molecule has 3 N–H and O–H groups in total. The van der Waals surface area contributed by atoms with Crippen LogP contribution in [-0.2, 0) is 10.0 Å². The second kappa shape index (κ2) is 5.29. The van der Waals surface area contributed by atoms with Gasteiger partial charge in [0.05, 0.1) is 16.6 Å². The largest absolute Gasteiger partial charge is 0.442 e. The normalized spacial score (nSPS) is 11.9. The van der Waals surface area contributed by atoms with Gasteiger partial charge in [-0.2, -0.15) is 5.10 Å². The molecule has 0 aliphatic rings. The summed E-state index contributed by atoms with van der Waals surface area (Å²) >= 11 is 0. The van der Waals surface area contributed by atoms with E-state index >= 15 is 0 Å². The van der Waals surface area contributed by atoms with Crippen molar-refractivity contribution in [2.75, 3.05) is 0 Å². The van der Waals surface area contributed by atoms with Crippen molar-refractivity contribution in [3.8, 4) is 22.6 Å². The lowest BCUT2D eigenvalue weighted by atomic mass is 10.0. The monoisotopic (exact) mass is 340 g/mol. The van der Waals surface area contributed by atoms with E-state index in [0.717, 1.165) is 10.9 Å². The summed E-state index contributed by atoms with van der Waals surface area (Å²) in [5.41, 5.74) is 2.66. The molecule has 2 aromatic heterocycles. The molecule has 7 nitrogen and oxygen atoms in total. The molecule has 4 aromatic rings. The van der Waals surface area contributed by atoms with Crippen molar-refractivity contribution in [2.45, 2.75) is 4.90 Å². The summed E-state index contributed by atoms with van der Waals surface area (Å²) in [5.74, 6) is 0.526. The van der Waals surface area contributed by atoms with Gasteiger partial charge < -0.3 is 4.42 Å². The van der Waals surface area contributed by atoms with Crippen LogP contribution in [0.5, 0.6) is 0 Å². The van der Waals surface area contributed by atoms with Crippen LogP contribution in [0.4, 0.5) is 0 Å². The Morgan fingerprint density at radius 1 is 1.12 bits per heavy atom. The van der Waals surface area contributed by atoms with Gasteiger partial charge in [0.25, 0.3) is 0 Å². The number of nitrogens with zero attached hydrogens (tertiary/aromatic N) is 2. The van der Waals surface area contributed by atoms with Crippen LogP contribution in [0, 0.1) is 0 Å². The minimum atomic E-state index is -3.83. The first-order valence-electron chi connectivity index (χ1n) is 7.03. The molecule has 0 atom stereocenters. The Balaban J connectivity index is 1.95. The summed E-state index contributed by atoms with van der Waals surface area (Å²) in [6.45, 7) is 0. The number of benzene rings is 2. The van der Waals surface area contributed by atoms with Gasteiger partial charge in [-0.25, -0.2) is 18.5 Å². The number of hydrogen-bond donors (Lipinski definition) is 2. The van der Waals surface area contributed by atoms with Gasteiger partial charge in [0, 0.05) is 10.9 Å². The van der Waals surface area contributed by atoms with E-state index in [9.17, 15) is 8.42 Å². The fourth-order valence-corrected chi connectivity index (χ4v) is 3.42. The minimum Gasteiger partial charge on any atom is -0.442 e. The van der Waals surface area contributed by atoms with Gasteiger partial charge in [-0.15, -0.1) is 0 Å². The summed E-state index contributed by atoms with van der Waals surface area (Å²) in [4.78, 5) is 3.97. The maximum atomic E-state index is 11.8. The van der Waals surface area contributed by atoms with E-state index in [-0.39, 0.29) is 4.90 Å². The third kappa shape index (κ3) is 2.38. The van der Waals surface area contributed by atoms with Gasteiger partial charge in [-0.3, -0.25) is 5.10 Å². The maximum Gasteiger partial charge on any atom is 0.238 e. The van der Waals surface area contributed by atoms with E-state index in [4.69, 9.17) is 9.56 Å². The van der Waals surface area contributed by atoms with Crippen LogP contribution in [-0.4, -0.2) is 23.6 Å². The molecule has 0 bridgehead atoms. The second-order valence-electron chi connectivity index (χ2n) is 5.24. The molecule has 0 saturated heterocycles. The number of nitrogens with one attached hydrogen (secondary N) is 1. The van der Waals surface area contributed by atoms with Crippen molar-refractivity contribution in [1.29, 1.82) is 0 Å². The minimum absolute atomic E-state index is 0.0778. The third-order valence-electron chi connectivity index (χ3n) is 3.73. The topological polar surface area (TPSA) is 115 Å². The number of oxazole rings is 1. The van der Waals surface area contributed by atoms with Crippen LogP contribution in [0.15, 0.2) is 64.4 Å². The van der Waals surface area contributed by atoms with E-state index in [1.165, 1.54) is 12.5 Å². The first-order chi connectivity index (χ1) is 11.5. The summed E-state index contributed by atoms with van der Waals surface area (Å²) < 4.78 is 29.0. The van der Waals surface area contributed by atoms with Gasteiger partial charge in [0.2, 0.25) is 10.0 Å². The zero-order valence-electron chi connectivity index (χ0n) is 12.3.